The SMILES string of the molecule is NCCC1CCCCC1.O=C(OCCC1CCCCC1)N(S)S.[NaH]. The minimum atomic E-state index is -0.493. The summed E-state index contributed by atoms with van der Waals surface area (Å²) in [6, 6.07) is 0. The van der Waals surface area contributed by atoms with Crippen LogP contribution in [0.4, 0.5) is 4.79 Å². The van der Waals surface area contributed by atoms with Gasteiger partial charge in [-0.1, -0.05) is 64.2 Å². The minimum absolute atomic E-state index is 0. The number of hydrogen-bond donors (Lipinski definition) is 3. The van der Waals surface area contributed by atoms with Crippen molar-refractivity contribution in [2.24, 2.45) is 17.6 Å². The van der Waals surface area contributed by atoms with E-state index < -0.39 is 6.09 Å². The molecule has 4 nitrogen and oxygen atoms in total. The van der Waals surface area contributed by atoms with E-state index in [0.29, 0.717) is 6.61 Å². The Morgan fingerprint density at radius 2 is 1.38 bits per heavy atom. The number of rotatable bonds is 5. The number of hydrogen-bond acceptors (Lipinski definition) is 5. The molecule has 0 spiro atoms. The number of ether oxygens (including phenoxy) is 1. The van der Waals surface area contributed by atoms with Gasteiger partial charge in [0.1, 0.15) is 0 Å². The van der Waals surface area contributed by atoms with Crippen molar-refractivity contribution in [2.45, 2.75) is 77.0 Å². The van der Waals surface area contributed by atoms with Crippen molar-refractivity contribution in [3.8, 4) is 0 Å². The summed E-state index contributed by atoms with van der Waals surface area (Å²) in [5.41, 5.74) is 5.46. The van der Waals surface area contributed by atoms with Crippen molar-refractivity contribution >= 4 is 61.3 Å². The molecule has 0 unspecified atom stereocenters. The number of carbonyl (C=O) groups excluding carboxylic acids is 1. The molecule has 2 N–H and O–H groups in total. The third-order valence-corrected chi connectivity index (χ3v) is 5.27. The van der Waals surface area contributed by atoms with Gasteiger partial charge < -0.3 is 10.5 Å². The molecular formula is C17H35N2NaO2S2. The molecule has 2 saturated carbocycles. The Hall–Kier alpha value is 0.930. The second-order valence-corrected chi connectivity index (χ2v) is 7.89. The van der Waals surface area contributed by atoms with Crippen LogP contribution in [0.15, 0.2) is 0 Å². The molecule has 7 heteroatoms. The van der Waals surface area contributed by atoms with Gasteiger partial charge in [-0.2, -0.15) is 3.71 Å². The standard InChI is InChI=1S/C9H17NO2S2.C8H17N.Na.H/c11-9(10(13)14)12-7-6-8-4-2-1-3-5-8;9-7-6-8-4-2-1-3-5-8;;/h8,13-14H,1-7H2;8H,1-7,9H2;;. The molecule has 0 aromatic rings. The molecular weight excluding hydrogens is 351 g/mol. The van der Waals surface area contributed by atoms with Gasteiger partial charge in [-0.15, -0.1) is 0 Å². The van der Waals surface area contributed by atoms with E-state index in [1.54, 1.807) is 0 Å². The summed E-state index contributed by atoms with van der Waals surface area (Å²) in [5.74, 6) is 1.72. The summed E-state index contributed by atoms with van der Waals surface area (Å²) in [5, 5.41) is 0. The zero-order chi connectivity index (χ0) is 16.9. The van der Waals surface area contributed by atoms with E-state index in [4.69, 9.17) is 10.5 Å². The van der Waals surface area contributed by atoms with Crippen LogP contribution in [0, 0.1) is 11.8 Å². The van der Waals surface area contributed by atoms with E-state index in [2.05, 4.69) is 25.6 Å². The Morgan fingerprint density at radius 1 is 0.917 bits per heavy atom. The van der Waals surface area contributed by atoms with Crippen LogP contribution < -0.4 is 5.73 Å². The Balaban J connectivity index is 0.000000460. The molecule has 0 bridgehead atoms. The monoisotopic (exact) mass is 386 g/mol. The normalized spacial score (nSPS) is 18.8. The molecule has 0 aromatic heterocycles. The van der Waals surface area contributed by atoms with Crippen LogP contribution in [-0.2, 0) is 4.74 Å². The molecule has 24 heavy (non-hydrogen) atoms. The zero-order valence-electron chi connectivity index (χ0n) is 14.3. The summed E-state index contributed by atoms with van der Waals surface area (Å²) in [7, 11) is 0. The van der Waals surface area contributed by atoms with Gasteiger partial charge in [-0.05, 0) is 56.9 Å². The van der Waals surface area contributed by atoms with Crippen molar-refractivity contribution in [1.29, 1.82) is 0 Å². The zero-order valence-corrected chi connectivity index (χ0v) is 16.1. The first-order valence-electron chi connectivity index (χ1n) is 9.18. The number of thiol groups is 2. The molecule has 138 valence electrons. The molecule has 2 fully saturated rings. The Kier molecular flexibility index (Phi) is 16.8. The summed E-state index contributed by atoms with van der Waals surface area (Å²) < 4.78 is 5.80. The molecule has 0 aliphatic heterocycles. The molecule has 2 rings (SSSR count). The molecule has 0 radical (unpaired) electrons. The quantitative estimate of drug-likeness (QED) is 0.486. The number of nitrogens with two attached hydrogens (primary N) is 1. The Morgan fingerprint density at radius 3 is 1.79 bits per heavy atom. The second kappa shape index (κ2) is 16.1. The van der Waals surface area contributed by atoms with E-state index in [1.165, 1.54) is 70.6 Å². The molecule has 0 aromatic carbocycles. The summed E-state index contributed by atoms with van der Waals surface area (Å²) in [6.07, 6.45) is 15.6. The van der Waals surface area contributed by atoms with Gasteiger partial charge in [0.2, 0.25) is 0 Å². The van der Waals surface area contributed by atoms with E-state index in [-0.39, 0.29) is 29.6 Å². The predicted octanol–water partition coefficient (Wildman–Crippen LogP) is 4.35. The second-order valence-electron chi connectivity index (χ2n) is 6.78. The fourth-order valence-corrected chi connectivity index (χ4v) is 3.67. The maximum atomic E-state index is 10.9. The van der Waals surface area contributed by atoms with Gasteiger partial charge >= 0.3 is 35.7 Å². The first-order chi connectivity index (χ1) is 11.1. The number of amides is 1. The molecule has 0 heterocycles. The van der Waals surface area contributed by atoms with Crippen molar-refractivity contribution in [3.63, 3.8) is 0 Å². The van der Waals surface area contributed by atoms with E-state index in [0.717, 1.165) is 28.5 Å². The summed E-state index contributed by atoms with van der Waals surface area (Å²) >= 11 is 7.43. The van der Waals surface area contributed by atoms with Crippen molar-refractivity contribution in [2.75, 3.05) is 13.2 Å². The molecule has 2 aliphatic rings. The maximum absolute atomic E-state index is 10.9. The van der Waals surface area contributed by atoms with Crippen molar-refractivity contribution < 1.29 is 9.53 Å². The first-order valence-corrected chi connectivity index (χ1v) is 9.98. The third-order valence-electron chi connectivity index (χ3n) is 4.94. The van der Waals surface area contributed by atoms with Gasteiger partial charge in [-0.25, -0.2) is 4.79 Å². The topological polar surface area (TPSA) is 55.6 Å². The van der Waals surface area contributed by atoms with Gasteiger partial charge in [0.15, 0.2) is 0 Å². The predicted molar refractivity (Wildman–Crippen MR) is 110 cm³/mol. The number of nitrogens with zero attached hydrogens (tertiary/aromatic N) is 1. The van der Waals surface area contributed by atoms with E-state index in [1.807, 2.05) is 0 Å². The fraction of sp³-hybridized carbons (Fsp3) is 0.941. The van der Waals surface area contributed by atoms with Crippen LogP contribution in [0.1, 0.15) is 77.0 Å². The average molecular weight is 387 g/mol. The Bertz CT molecular complexity index is 308. The van der Waals surface area contributed by atoms with E-state index in [9.17, 15) is 4.79 Å². The average Bonchev–Trinajstić information content (AvgIpc) is 2.57. The molecule has 0 atom stereocenters. The third kappa shape index (κ3) is 12.3. The van der Waals surface area contributed by atoms with Crippen molar-refractivity contribution in [1.82, 2.24) is 3.71 Å². The molecule has 1 amide bonds. The first kappa shape index (κ1) is 24.9. The number of carbonyl (C=O) groups is 1. The fourth-order valence-electron chi connectivity index (χ4n) is 3.56. The van der Waals surface area contributed by atoms with Crippen LogP contribution in [0.2, 0.25) is 0 Å². The van der Waals surface area contributed by atoms with Gasteiger partial charge in [0, 0.05) is 0 Å². The summed E-state index contributed by atoms with van der Waals surface area (Å²) in [4.78, 5) is 10.9. The molecule has 2 aliphatic carbocycles. The van der Waals surface area contributed by atoms with Crippen LogP contribution >= 0.6 is 25.6 Å². The van der Waals surface area contributed by atoms with Gasteiger partial charge in [0.05, 0.1) is 6.61 Å². The van der Waals surface area contributed by atoms with Crippen molar-refractivity contribution in [3.05, 3.63) is 0 Å². The van der Waals surface area contributed by atoms with E-state index >= 15 is 0 Å². The molecule has 0 saturated heterocycles. The van der Waals surface area contributed by atoms with Crippen LogP contribution in [0.25, 0.3) is 0 Å². The van der Waals surface area contributed by atoms with Crippen LogP contribution in [0.5, 0.6) is 0 Å². The van der Waals surface area contributed by atoms with Crippen LogP contribution in [-0.4, -0.2) is 52.5 Å². The Labute approximate surface area is 181 Å². The summed E-state index contributed by atoms with van der Waals surface area (Å²) in [6.45, 7) is 1.38. The van der Waals surface area contributed by atoms with Gasteiger partial charge in [-0.3, -0.25) is 0 Å². The van der Waals surface area contributed by atoms with Gasteiger partial charge in [0.25, 0.3) is 0 Å². The van der Waals surface area contributed by atoms with Crippen LogP contribution in [0.3, 0.4) is 0 Å².